The van der Waals surface area contributed by atoms with Crippen molar-refractivity contribution in [3.05, 3.63) is 58.4 Å². The molecule has 0 saturated heterocycles. The molecule has 0 radical (unpaired) electrons. The lowest BCUT2D eigenvalue weighted by Crippen LogP contribution is -2.36. The third-order valence-corrected chi connectivity index (χ3v) is 5.62. The SMILES string of the molecule is Cc1cc(C(=O)N(C2CC2)C(C)c2cccc(C(F)(F)F)c2)c2c(C)nn(C)c2n1. The first-order chi connectivity index (χ1) is 14.1. The first-order valence-corrected chi connectivity index (χ1v) is 9.88. The van der Waals surface area contributed by atoms with E-state index < -0.39 is 17.8 Å². The van der Waals surface area contributed by atoms with Crippen LogP contribution in [0.4, 0.5) is 13.2 Å². The molecule has 1 fully saturated rings. The summed E-state index contributed by atoms with van der Waals surface area (Å²) < 4.78 is 41.2. The van der Waals surface area contributed by atoms with Crippen LogP contribution in [0.25, 0.3) is 11.0 Å². The summed E-state index contributed by atoms with van der Waals surface area (Å²) in [6.07, 6.45) is -2.74. The molecular formula is C22H23F3N4O. The van der Waals surface area contributed by atoms with Crippen LogP contribution >= 0.6 is 0 Å². The molecule has 8 heteroatoms. The molecule has 4 rings (SSSR count). The van der Waals surface area contributed by atoms with E-state index in [0.29, 0.717) is 33.5 Å². The van der Waals surface area contributed by atoms with Gasteiger partial charge in [-0.2, -0.15) is 18.3 Å². The first-order valence-electron chi connectivity index (χ1n) is 9.88. The van der Waals surface area contributed by atoms with Crippen molar-refractivity contribution in [1.82, 2.24) is 19.7 Å². The maximum absolute atomic E-state index is 13.7. The van der Waals surface area contributed by atoms with Gasteiger partial charge < -0.3 is 4.90 Å². The van der Waals surface area contributed by atoms with Gasteiger partial charge in [-0.15, -0.1) is 0 Å². The molecule has 2 heterocycles. The summed E-state index contributed by atoms with van der Waals surface area (Å²) in [5, 5.41) is 5.08. The van der Waals surface area contributed by atoms with Crippen LogP contribution in [0, 0.1) is 13.8 Å². The molecule has 30 heavy (non-hydrogen) atoms. The summed E-state index contributed by atoms with van der Waals surface area (Å²) in [5.41, 5.74) is 2.27. The molecule has 1 atom stereocenters. The molecule has 0 aliphatic heterocycles. The highest BCUT2D eigenvalue weighted by Crippen LogP contribution is 2.38. The third kappa shape index (κ3) is 3.55. The highest BCUT2D eigenvalue weighted by atomic mass is 19.4. The third-order valence-electron chi connectivity index (χ3n) is 5.62. The zero-order valence-corrected chi connectivity index (χ0v) is 17.3. The van der Waals surface area contributed by atoms with Crippen molar-refractivity contribution in [3.63, 3.8) is 0 Å². The van der Waals surface area contributed by atoms with Crippen LogP contribution in [0.1, 0.15) is 58.7 Å². The van der Waals surface area contributed by atoms with Gasteiger partial charge in [0.25, 0.3) is 5.91 Å². The van der Waals surface area contributed by atoms with E-state index >= 15 is 0 Å². The lowest BCUT2D eigenvalue weighted by Gasteiger charge is -2.30. The van der Waals surface area contributed by atoms with E-state index in [1.165, 1.54) is 6.07 Å². The number of aromatic nitrogens is 3. The minimum Gasteiger partial charge on any atom is -0.329 e. The number of aryl methyl sites for hydroxylation is 3. The van der Waals surface area contributed by atoms with Crippen LogP contribution in [0.3, 0.4) is 0 Å². The maximum Gasteiger partial charge on any atom is 0.416 e. The second kappa shape index (κ2) is 7.11. The lowest BCUT2D eigenvalue weighted by atomic mass is 10.0. The number of amides is 1. The van der Waals surface area contributed by atoms with Crippen LogP contribution in [-0.4, -0.2) is 31.6 Å². The van der Waals surface area contributed by atoms with Gasteiger partial charge in [-0.1, -0.05) is 12.1 Å². The van der Waals surface area contributed by atoms with Gasteiger partial charge in [0.15, 0.2) is 5.65 Å². The minimum absolute atomic E-state index is 0.0162. The van der Waals surface area contributed by atoms with Crippen LogP contribution in [0.2, 0.25) is 0 Å². The number of fused-ring (bicyclic) bond motifs is 1. The topological polar surface area (TPSA) is 51.0 Å². The van der Waals surface area contributed by atoms with Crippen LogP contribution in [0.5, 0.6) is 0 Å². The van der Waals surface area contributed by atoms with Gasteiger partial charge in [-0.25, -0.2) is 4.98 Å². The van der Waals surface area contributed by atoms with E-state index in [4.69, 9.17) is 0 Å². The molecule has 1 amide bonds. The summed E-state index contributed by atoms with van der Waals surface area (Å²) in [4.78, 5) is 19.9. The number of hydrogen-bond acceptors (Lipinski definition) is 3. The number of hydrogen-bond donors (Lipinski definition) is 0. The Labute approximate surface area is 172 Å². The van der Waals surface area contributed by atoms with E-state index in [2.05, 4.69) is 10.1 Å². The van der Waals surface area contributed by atoms with Gasteiger partial charge >= 0.3 is 6.18 Å². The van der Waals surface area contributed by atoms with E-state index in [9.17, 15) is 18.0 Å². The number of alkyl halides is 3. The molecule has 158 valence electrons. The second-order valence-corrected chi connectivity index (χ2v) is 7.96. The molecular weight excluding hydrogens is 393 g/mol. The van der Waals surface area contributed by atoms with Gasteiger partial charge in [-0.3, -0.25) is 9.48 Å². The van der Waals surface area contributed by atoms with E-state index in [1.54, 1.807) is 35.7 Å². The molecule has 0 spiro atoms. The fraction of sp³-hybridized carbons (Fsp3) is 0.409. The Balaban J connectivity index is 1.78. The largest absolute Gasteiger partial charge is 0.416 e. The van der Waals surface area contributed by atoms with Crippen molar-refractivity contribution in [2.75, 3.05) is 0 Å². The maximum atomic E-state index is 13.7. The first kappa shape index (κ1) is 20.4. The number of pyridine rings is 1. The number of benzene rings is 1. The Morgan fingerprint density at radius 1 is 1.23 bits per heavy atom. The summed E-state index contributed by atoms with van der Waals surface area (Å²) in [5.74, 6) is -0.200. The molecule has 2 aromatic heterocycles. The zero-order chi connectivity index (χ0) is 21.8. The van der Waals surface area contributed by atoms with Crippen molar-refractivity contribution in [2.45, 2.75) is 51.9 Å². The van der Waals surface area contributed by atoms with E-state index in [1.807, 2.05) is 13.8 Å². The van der Waals surface area contributed by atoms with Crippen LogP contribution in [-0.2, 0) is 13.2 Å². The molecule has 1 aromatic carbocycles. The quantitative estimate of drug-likeness (QED) is 0.603. The summed E-state index contributed by atoms with van der Waals surface area (Å²) in [6, 6.07) is 6.49. The molecule has 5 nitrogen and oxygen atoms in total. The molecule has 1 aliphatic carbocycles. The number of rotatable bonds is 4. The fourth-order valence-corrected chi connectivity index (χ4v) is 4.02. The van der Waals surface area contributed by atoms with Crippen molar-refractivity contribution >= 4 is 16.9 Å². The highest BCUT2D eigenvalue weighted by Gasteiger charge is 2.38. The Kier molecular flexibility index (Phi) is 4.83. The molecule has 0 bridgehead atoms. The van der Waals surface area contributed by atoms with Gasteiger partial charge in [0, 0.05) is 18.8 Å². The Morgan fingerprint density at radius 2 is 1.93 bits per heavy atom. The van der Waals surface area contributed by atoms with Crippen molar-refractivity contribution in [2.24, 2.45) is 7.05 Å². The Hall–Kier alpha value is -2.90. The average Bonchev–Trinajstić information content (AvgIpc) is 3.47. The van der Waals surface area contributed by atoms with Crippen LogP contribution < -0.4 is 0 Å². The molecule has 1 saturated carbocycles. The highest BCUT2D eigenvalue weighted by molar-refractivity contribution is 6.07. The second-order valence-electron chi connectivity index (χ2n) is 7.96. The van der Waals surface area contributed by atoms with Gasteiger partial charge in [0.1, 0.15) is 0 Å². The smallest absolute Gasteiger partial charge is 0.329 e. The van der Waals surface area contributed by atoms with Crippen molar-refractivity contribution < 1.29 is 18.0 Å². The average molecular weight is 416 g/mol. The summed E-state index contributed by atoms with van der Waals surface area (Å²) >= 11 is 0. The minimum atomic E-state index is -4.43. The normalized spacial score (nSPS) is 15.4. The fourth-order valence-electron chi connectivity index (χ4n) is 4.02. The monoisotopic (exact) mass is 416 g/mol. The predicted molar refractivity (Wildman–Crippen MR) is 107 cm³/mol. The van der Waals surface area contributed by atoms with E-state index in [-0.39, 0.29) is 11.9 Å². The Bertz CT molecular complexity index is 1130. The van der Waals surface area contributed by atoms with Gasteiger partial charge in [-0.05, 0) is 57.4 Å². The number of halogens is 3. The summed E-state index contributed by atoms with van der Waals surface area (Å²) in [6.45, 7) is 5.43. The molecule has 1 aliphatic rings. The summed E-state index contributed by atoms with van der Waals surface area (Å²) in [7, 11) is 1.78. The van der Waals surface area contributed by atoms with Gasteiger partial charge in [0.2, 0.25) is 0 Å². The lowest BCUT2D eigenvalue weighted by molar-refractivity contribution is -0.137. The molecule has 1 unspecified atom stereocenters. The molecule has 0 N–H and O–H groups in total. The Morgan fingerprint density at radius 3 is 2.57 bits per heavy atom. The number of nitrogens with zero attached hydrogens (tertiary/aromatic N) is 4. The van der Waals surface area contributed by atoms with E-state index in [0.717, 1.165) is 25.0 Å². The standard InChI is InChI=1S/C22H23F3N4O/c1-12-10-18(19-13(2)27-28(4)20(19)26-12)21(30)29(17-8-9-17)14(3)15-6-5-7-16(11-15)22(23,24)25/h5-7,10-11,14,17H,8-9H2,1-4H3. The predicted octanol–water partition coefficient (Wildman–Crippen LogP) is 4.97. The number of carbonyl (C=O) groups is 1. The number of carbonyl (C=O) groups excluding carboxylic acids is 1. The van der Waals surface area contributed by atoms with Gasteiger partial charge in [0.05, 0.1) is 28.2 Å². The van der Waals surface area contributed by atoms with Crippen molar-refractivity contribution in [1.29, 1.82) is 0 Å². The van der Waals surface area contributed by atoms with Crippen LogP contribution in [0.15, 0.2) is 30.3 Å². The van der Waals surface area contributed by atoms with Crippen molar-refractivity contribution in [3.8, 4) is 0 Å². The zero-order valence-electron chi connectivity index (χ0n) is 17.3. The molecule has 3 aromatic rings.